The Morgan fingerprint density at radius 1 is 0.941 bits per heavy atom. The predicted molar refractivity (Wildman–Crippen MR) is 132 cm³/mol. The molecule has 0 spiro atoms. The van der Waals surface area contributed by atoms with Crippen molar-refractivity contribution >= 4 is 11.9 Å². The van der Waals surface area contributed by atoms with Crippen molar-refractivity contribution < 1.29 is 28.9 Å². The molecule has 198 valence electrons. The summed E-state index contributed by atoms with van der Waals surface area (Å²) in [6, 6.07) is -0.0455. The average Bonchev–Trinajstić information content (AvgIpc) is 2.79. The number of ether oxygens (including phenoxy) is 3. The van der Waals surface area contributed by atoms with Crippen LogP contribution in [0.3, 0.4) is 0 Å². The molecule has 0 amide bonds. The molecule has 2 rings (SSSR count). The highest BCUT2D eigenvalue weighted by molar-refractivity contribution is 5.76. The van der Waals surface area contributed by atoms with Crippen LogP contribution in [0.25, 0.3) is 0 Å². The highest BCUT2D eigenvalue weighted by Crippen LogP contribution is 2.29. The Labute approximate surface area is 206 Å². The fourth-order valence-corrected chi connectivity index (χ4v) is 4.91. The van der Waals surface area contributed by atoms with Gasteiger partial charge < -0.3 is 29.5 Å². The monoisotopic (exact) mass is 484 g/mol. The summed E-state index contributed by atoms with van der Waals surface area (Å²) in [5, 5.41) is 12.5. The summed E-state index contributed by atoms with van der Waals surface area (Å²) in [5.74, 6) is -1.52. The third-order valence-corrected chi connectivity index (χ3v) is 6.90. The van der Waals surface area contributed by atoms with E-state index in [-0.39, 0.29) is 31.1 Å². The predicted octanol–water partition coefficient (Wildman–Crippen LogP) is 4.11. The van der Waals surface area contributed by atoms with Gasteiger partial charge in [0.2, 0.25) is 0 Å². The Bertz CT molecular complexity index is 572. The third-order valence-electron chi connectivity index (χ3n) is 6.90. The van der Waals surface area contributed by atoms with Crippen LogP contribution in [0.4, 0.5) is 0 Å². The Hall–Kier alpha value is -1.22. The maximum absolute atomic E-state index is 12.4. The Morgan fingerprint density at radius 2 is 1.53 bits per heavy atom. The molecule has 2 aliphatic heterocycles. The molecule has 0 radical (unpaired) electrons. The normalized spacial score (nSPS) is 30.8. The van der Waals surface area contributed by atoms with Gasteiger partial charge in [-0.15, -0.1) is 0 Å². The first-order valence-corrected chi connectivity index (χ1v) is 13.5. The minimum atomic E-state index is -1.01. The van der Waals surface area contributed by atoms with Gasteiger partial charge in [-0.1, -0.05) is 44.9 Å². The number of carboxylic acids is 1. The zero-order valence-corrected chi connectivity index (χ0v) is 21.6. The number of carboxylic acid groups (broad SMARTS) is 1. The summed E-state index contributed by atoms with van der Waals surface area (Å²) in [6.45, 7) is 4.23. The van der Waals surface area contributed by atoms with Gasteiger partial charge in [0.05, 0.1) is 31.1 Å². The van der Waals surface area contributed by atoms with Gasteiger partial charge in [-0.3, -0.25) is 9.59 Å². The molecule has 8 nitrogen and oxygen atoms in total. The van der Waals surface area contributed by atoms with Crippen LogP contribution in [0.2, 0.25) is 0 Å². The number of aliphatic carboxylic acids is 1. The smallest absolute Gasteiger partial charge is 0.306 e. The molecule has 0 aromatic carbocycles. The minimum Gasteiger partial charge on any atom is -0.481 e. The van der Waals surface area contributed by atoms with E-state index in [9.17, 15) is 9.59 Å². The number of rotatable bonds is 7. The number of nitrogens with zero attached hydrogens (tertiary/aromatic N) is 1. The van der Waals surface area contributed by atoms with Crippen LogP contribution < -0.4 is 5.32 Å². The van der Waals surface area contributed by atoms with E-state index < -0.39 is 24.3 Å². The number of carbonyl (C=O) groups is 2. The number of nitrogens with one attached hydrogen (secondary N) is 1. The molecule has 2 N–H and O–H groups in total. The minimum absolute atomic E-state index is 0.0142. The molecule has 0 aromatic heterocycles. The van der Waals surface area contributed by atoms with E-state index in [4.69, 9.17) is 19.3 Å². The van der Waals surface area contributed by atoms with Crippen LogP contribution in [-0.2, 0) is 23.8 Å². The maximum atomic E-state index is 12.4. The highest BCUT2D eigenvalue weighted by atomic mass is 16.7. The van der Waals surface area contributed by atoms with Gasteiger partial charge in [0, 0.05) is 0 Å². The summed E-state index contributed by atoms with van der Waals surface area (Å²) in [4.78, 5) is 25.4. The topological polar surface area (TPSA) is 97.3 Å². The maximum Gasteiger partial charge on any atom is 0.306 e. The van der Waals surface area contributed by atoms with E-state index in [2.05, 4.69) is 5.32 Å². The van der Waals surface area contributed by atoms with Crippen LogP contribution in [0, 0.1) is 0 Å². The summed E-state index contributed by atoms with van der Waals surface area (Å²) < 4.78 is 18.5. The fourth-order valence-electron chi connectivity index (χ4n) is 4.91. The van der Waals surface area contributed by atoms with Crippen LogP contribution >= 0.6 is 0 Å². The molecule has 0 aromatic rings. The molecular formula is C26H48N2O6. The molecule has 0 aliphatic carbocycles. The number of esters is 1. The molecule has 5 atom stereocenters. The quantitative estimate of drug-likeness (QED) is 0.521. The summed E-state index contributed by atoms with van der Waals surface area (Å²) in [5.41, 5.74) is 0. The largest absolute Gasteiger partial charge is 0.481 e. The van der Waals surface area contributed by atoms with E-state index in [1.54, 1.807) is 0 Å². The van der Waals surface area contributed by atoms with Gasteiger partial charge in [0.15, 0.2) is 12.4 Å². The third kappa shape index (κ3) is 11.5. The van der Waals surface area contributed by atoms with Gasteiger partial charge in [-0.2, -0.15) is 0 Å². The Kier molecular flexibility index (Phi) is 14.0. The Morgan fingerprint density at radius 3 is 2.15 bits per heavy atom. The van der Waals surface area contributed by atoms with E-state index in [0.717, 1.165) is 45.2 Å². The van der Waals surface area contributed by atoms with Crippen molar-refractivity contribution in [1.82, 2.24) is 10.2 Å². The highest BCUT2D eigenvalue weighted by Gasteiger charge is 2.42. The van der Waals surface area contributed by atoms with Crippen molar-refractivity contribution in [3.05, 3.63) is 0 Å². The van der Waals surface area contributed by atoms with E-state index in [1.165, 1.54) is 44.9 Å². The fraction of sp³-hybridized carbons (Fsp3) is 0.923. The summed E-state index contributed by atoms with van der Waals surface area (Å²) in [6.07, 6.45) is 12.0. The second kappa shape index (κ2) is 16.5. The van der Waals surface area contributed by atoms with Crippen molar-refractivity contribution in [3.63, 3.8) is 0 Å². The molecule has 2 aliphatic rings. The number of hydrogen-bond acceptors (Lipinski definition) is 7. The SMILES string of the molecule is C[C@@H]1C[C@H](N(C)C)[C@@H](OC(=O)CCC(=O)O)[C@H](O[C@@H]2CCCCCCCCNCCCCC2)O1. The molecule has 8 heteroatoms. The zero-order chi connectivity index (χ0) is 24.8. The van der Waals surface area contributed by atoms with Crippen LogP contribution in [0.5, 0.6) is 0 Å². The second-order valence-corrected chi connectivity index (χ2v) is 10.2. The lowest BCUT2D eigenvalue weighted by Crippen LogP contribution is -2.56. The van der Waals surface area contributed by atoms with E-state index >= 15 is 0 Å². The first-order chi connectivity index (χ1) is 16.4. The van der Waals surface area contributed by atoms with Crippen molar-refractivity contribution in [2.45, 2.75) is 127 Å². The van der Waals surface area contributed by atoms with E-state index in [0.29, 0.717) is 0 Å². The number of carbonyl (C=O) groups excluding carboxylic acids is 1. The lowest BCUT2D eigenvalue weighted by Gasteiger charge is -2.43. The average molecular weight is 485 g/mol. The van der Waals surface area contributed by atoms with Crippen molar-refractivity contribution in [2.24, 2.45) is 0 Å². The summed E-state index contributed by atoms with van der Waals surface area (Å²) in [7, 11) is 3.94. The van der Waals surface area contributed by atoms with Crippen molar-refractivity contribution in [1.29, 1.82) is 0 Å². The number of likely N-dealkylation sites (N-methyl/N-ethyl adjacent to an activating group) is 1. The van der Waals surface area contributed by atoms with Crippen LogP contribution in [0.15, 0.2) is 0 Å². The molecule has 2 fully saturated rings. The van der Waals surface area contributed by atoms with Gasteiger partial charge in [-0.25, -0.2) is 0 Å². The number of hydrogen-bond donors (Lipinski definition) is 2. The molecule has 0 bridgehead atoms. The Balaban J connectivity index is 2.03. The molecule has 0 saturated carbocycles. The second-order valence-electron chi connectivity index (χ2n) is 10.2. The van der Waals surface area contributed by atoms with E-state index in [1.807, 2.05) is 25.9 Å². The molecule has 2 heterocycles. The lowest BCUT2D eigenvalue weighted by atomic mass is 9.98. The van der Waals surface area contributed by atoms with Gasteiger partial charge in [-0.05, 0) is 66.2 Å². The zero-order valence-electron chi connectivity index (χ0n) is 21.6. The lowest BCUT2D eigenvalue weighted by molar-refractivity contribution is -0.274. The van der Waals surface area contributed by atoms with Crippen LogP contribution in [0.1, 0.15) is 96.8 Å². The van der Waals surface area contributed by atoms with Gasteiger partial charge in [0.1, 0.15) is 0 Å². The van der Waals surface area contributed by atoms with Gasteiger partial charge >= 0.3 is 11.9 Å². The standard InChI is InChI=1S/C26H48N2O6/c1-20-19-22(28(2)3)25(34-24(31)16-15-23(29)30)26(32-20)33-21-13-9-6-4-5-7-11-17-27-18-12-8-10-14-21/h20-22,25-27H,4-19H2,1-3H3,(H,29,30)/t20-,21-,22+,25-,26+/m1/s1. The summed E-state index contributed by atoms with van der Waals surface area (Å²) >= 11 is 0. The van der Waals surface area contributed by atoms with Gasteiger partial charge in [0.25, 0.3) is 0 Å². The van der Waals surface area contributed by atoms with Crippen molar-refractivity contribution in [2.75, 3.05) is 27.2 Å². The first-order valence-electron chi connectivity index (χ1n) is 13.5. The molecule has 2 saturated heterocycles. The molecular weight excluding hydrogens is 436 g/mol. The first kappa shape index (κ1) is 29.0. The molecule has 34 heavy (non-hydrogen) atoms. The van der Waals surface area contributed by atoms with Crippen LogP contribution in [-0.4, -0.2) is 79.8 Å². The van der Waals surface area contributed by atoms with Crippen molar-refractivity contribution in [3.8, 4) is 0 Å². The molecule has 0 unspecified atom stereocenters.